The number of methoxy groups -OCH3 is 1. The Balaban J connectivity index is 1.73. The van der Waals surface area contributed by atoms with Crippen LogP contribution in [0.15, 0.2) is 78.9 Å². The molecule has 1 saturated heterocycles. The second-order valence-corrected chi connectivity index (χ2v) is 10.7. The van der Waals surface area contributed by atoms with Crippen molar-refractivity contribution in [3.8, 4) is 16.9 Å². The summed E-state index contributed by atoms with van der Waals surface area (Å²) < 4.78 is 15.3. The molecular weight excluding hydrogens is 602 g/mol. The minimum absolute atomic E-state index is 0.418. The number of benzene rings is 3. The van der Waals surface area contributed by atoms with Crippen LogP contribution in [0.3, 0.4) is 0 Å². The van der Waals surface area contributed by atoms with E-state index in [4.69, 9.17) is 14.2 Å². The highest BCUT2D eigenvalue weighted by atomic mass is 16.8. The van der Waals surface area contributed by atoms with E-state index in [1.165, 1.54) is 0 Å². The molecule has 13 nitrogen and oxygen atoms in total. The van der Waals surface area contributed by atoms with Crippen molar-refractivity contribution in [2.45, 2.75) is 49.7 Å². The molecule has 1 aliphatic heterocycles. The van der Waals surface area contributed by atoms with E-state index in [2.05, 4.69) is 0 Å². The highest BCUT2D eigenvalue weighted by molar-refractivity contribution is 6.02. The quantitative estimate of drug-likeness (QED) is 0.189. The normalized spacial score (nSPS) is 18.2. The number of nitrogens with zero attached hydrogens (tertiary/aromatic N) is 1. The summed E-state index contributed by atoms with van der Waals surface area (Å²) in [5.74, 6) is -12.3. The Labute approximate surface area is 263 Å². The van der Waals surface area contributed by atoms with Gasteiger partial charge in [-0.1, -0.05) is 72.8 Å². The van der Waals surface area contributed by atoms with Crippen LogP contribution in [-0.4, -0.2) is 92.8 Å². The monoisotopic (exact) mass is 635 g/mol. The number of aliphatic carboxylic acids is 4. The number of aryl methyl sites for hydroxylation is 1. The Hall–Kier alpha value is -5.27. The molecule has 4 unspecified atom stereocenters. The first-order valence-corrected chi connectivity index (χ1v) is 14.2. The fourth-order valence-corrected chi connectivity index (χ4v) is 5.56. The fraction of sp³-hybridized carbons (Fsp3) is 0.303. The highest BCUT2D eigenvalue weighted by Gasteiger charge is 2.64. The van der Waals surface area contributed by atoms with Crippen molar-refractivity contribution in [1.29, 1.82) is 0 Å². The van der Waals surface area contributed by atoms with Gasteiger partial charge in [0.15, 0.2) is 12.2 Å². The van der Waals surface area contributed by atoms with E-state index >= 15 is 0 Å². The molecule has 3 aromatic carbocycles. The van der Waals surface area contributed by atoms with E-state index in [9.17, 15) is 44.4 Å². The standard InChI is InChI=1S/C33H33NO12/c1-19(34(18-26(35)36)29(37)27-28(30(38)39)46-33(45-27,31(40)41)32(42)43)23(17-12-20-8-4-3-5-9-20)21-13-15-22(16-14-21)24-10-6-7-11-25(24)44-2/h3-11,13-16,19,23,27-28H,12,17-18H2,1-2H3,(H,35,36)(H,38,39)(H,40,41)(H,42,43). The number of hydrogen-bond acceptors (Lipinski definition) is 8. The van der Waals surface area contributed by atoms with E-state index in [-0.39, 0.29) is 0 Å². The maximum atomic E-state index is 13.9. The summed E-state index contributed by atoms with van der Waals surface area (Å²) in [7, 11) is 1.56. The molecule has 0 aliphatic carbocycles. The molecule has 3 aromatic rings. The smallest absolute Gasteiger partial charge is 0.377 e. The molecule has 0 spiro atoms. The van der Waals surface area contributed by atoms with Gasteiger partial charge < -0.3 is 39.5 Å². The van der Waals surface area contributed by atoms with Gasteiger partial charge in [-0.2, -0.15) is 0 Å². The number of para-hydroxylation sites is 1. The third-order valence-corrected chi connectivity index (χ3v) is 7.92. The summed E-state index contributed by atoms with van der Waals surface area (Å²) in [5.41, 5.74) is 3.39. The van der Waals surface area contributed by atoms with Crippen LogP contribution < -0.4 is 4.74 Å². The molecule has 0 saturated carbocycles. The number of rotatable bonds is 14. The summed E-state index contributed by atoms with van der Waals surface area (Å²) in [6, 6.07) is 23.4. The van der Waals surface area contributed by atoms with E-state index in [0.717, 1.165) is 27.2 Å². The molecule has 0 bridgehead atoms. The van der Waals surface area contributed by atoms with E-state index < -0.39 is 66.3 Å². The molecule has 1 amide bonds. The van der Waals surface area contributed by atoms with Crippen LogP contribution >= 0.6 is 0 Å². The molecule has 0 radical (unpaired) electrons. The Morgan fingerprint density at radius 1 is 0.826 bits per heavy atom. The number of carboxylic acid groups (broad SMARTS) is 4. The van der Waals surface area contributed by atoms with Gasteiger partial charge in [-0.15, -0.1) is 0 Å². The Morgan fingerprint density at radius 2 is 1.41 bits per heavy atom. The number of carbonyl (C=O) groups is 5. The zero-order valence-electron chi connectivity index (χ0n) is 24.9. The molecule has 1 heterocycles. The lowest BCUT2D eigenvalue weighted by Crippen LogP contribution is -2.53. The summed E-state index contributed by atoms with van der Waals surface area (Å²) >= 11 is 0. The highest BCUT2D eigenvalue weighted by Crippen LogP contribution is 2.36. The summed E-state index contributed by atoms with van der Waals surface area (Å²) in [6.07, 6.45) is -3.66. The third-order valence-electron chi connectivity index (χ3n) is 7.92. The van der Waals surface area contributed by atoms with Crippen molar-refractivity contribution in [3.63, 3.8) is 0 Å². The number of carboxylic acids is 4. The van der Waals surface area contributed by atoms with Gasteiger partial charge in [-0.05, 0) is 42.5 Å². The van der Waals surface area contributed by atoms with E-state index in [1.54, 1.807) is 14.0 Å². The van der Waals surface area contributed by atoms with Crippen LogP contribution in [0.4, 0.5) is 0 Å². The third kappa shape index (κ3) is 7.00. The summed E-state index contributed by atoms with van der Waals surface area (Å²) in [6.45, 7) is 0.665. The average Bonchev–Trinajstić information content (AvgIpc) is 3.47. The van der Waals surface area contributed by atoms with E-state index in [1.807, 2.05) is 78.9 Å². The Kier molecular flexibility index (Phi) is 10.4. The van der Waals surface area contributed by atoms with E-state index in [0.29, 0.717) is 18.6 Å². The fourth-order valence-electron chi connectivity index (χ4n) is 5.56. The van der Waals surface area contributed by atoms with Gasteiger partial charge in [-0.25, -0.2) is 14.4 Å². The minimum Gasteiger partial charge on any atom is -0.496 e. The van der Waals surface area contributed by atoms with Gasteiger partial charge >= 0.3 is 29.7 Å². The molecule has 13 heteroatoms. The molecule has 1 aliphatic rings. The second-order valence-electron chi connectivity index (χ2n) is 10.7. The van der Waals surface area contributed by atoms with Crippen LogP contribution in [-0.2, 0) is 39.9 Å². The first-order valence-electron chi connectivity index (χ1n) is 14.2. The average molecular weight is 636 g/mol. The van der Waals surface area contributed by atoms with Crippen molar-refractivity contribution < 1.29 is 58.6 Å². The van der Waals surface area contributed by atoms with Crippen molar-refractivity contribution in [2.75, 3.05) is 13.7 Å². The molecule has 1 fully saturated rings. The zero-order chi connectivity index (χ0) is 33.6. The van der Waals surface area contributed by atoms with Crippen LogP contribution in [0.5, 0.6) is 5.75 Å². The van der Waals surface area contributed by atoms with Gasteiger partial charge in [-0.3, -0.25) is 9.59 Å². The van der Waals surface area contributed by atoms with Crippen molar-refractivity contribution in [3.05, 3.63) is 90.0 Å². The molecule has 4 atom stereocenters. The lowest BCUT2D eigenvalue weighted by atomic mass is 9.85. The molecule has 4 N–H and O–H groups in total. The lowest BCUT2D eigenvalue weighted by molar-refractivity contribution is -0.221. The van der Waals surface area contributed by atoms with Gasteiger partial charge in [0.2, 0.25) is 0 Å². The minimum atomic E-state index is -3.48. The number of hydrogen-bond donors (Lipinski definition) is 4. The number of ether oxygens (including phenoxy) is 3. The van der Waals surface area contributed by atoms with Crippen molar-refractivity contribution in [1.82, 2.24) is 4.90 Å². The summed E-state index contributed by atoms with van der Waals surface area (Å²) in [5, 5.41) is 38.5. The van der Waals surface area contributed by atoms with Crippen LogP contribution in [0, 0.1) is 0 Å². The Bertz CT molecular complexity index is 1580. The SMILES string of the molecule is COc1ccccc1-c1ccc(C(CCc2ccccc2)C(C)N(CC(=O)O)C(=O)C2OC(C(=O)O)(C(=O)O)OC2C(=O)O)cc1. The van der Waals surface area contributed by atoms with Crippen molar-refractivity contribution >= 4 is 29.8 Å². The largest absolute Gasteiger partial charge is 0.496 e. The molecule has 4 rings (SSSR count). The predicted octanol–water partition coefficient (Wildman–Crippen LogP) is 3.11. The molecule has 242 valence electrons. The second kappa shape index (κ2) is 14.2. The number of amides is 1. The Morgan fingerprint density at radius 3 is 1.98 bits per heavy atom. The summed E-state index contributed by atoms with van der Waals surface area (Å²) in [4.78, 5) is 62.4. The number of carbonyl (C=O) groups excluding carboxylic acids is 1. The molecular formula is C33H33NO12. The van der Waals surface area contributed by atoms with Gasteiger partial charge in [0.1, 0.15) is 12.3 Å². The van der Waals surface area contributed by atoms with Crippen LogP contribution in [0.1, 0.15) is 30.4 Å². The van der Waals surface area contributed by atoms with Crippen LogP contribution in [0.25, 0.3) is 11.1 Å². The lowest BCUT2D eigenvalue weighted by Gasteiger charge is -2.36. The first kappa shape index (κ1) is 33.6. The predicted molar refractivity (Wildman–Crippen MR) is 160 cm³/mol. The topological polar surface area (TPSA) is 197 Å². The van der Waals surface area contributed by atoms with Gasteiger partial charge in [0.25, 0.3) is 5.91 Å². The van der Waals surface area contributed by atoms with Crippen molar-refractivity contribution in [2.24, 2.45) is 0 Å². The van der Waals surface area contributed by atoms with Gasteiger partial charge in [0, 0.05) is 17.5 Å². The zero-order valence-corrected chi connectivity index (χ0v) is 24.9. The van der Waals surface area contributed by atoms with Gasteiger partial charge in [0.05, 0.1) is 7.11 Å². The molecule has 46 heavy (non-hydrogen) atoms. The maximum Gasteiger partial charge on any atom is 0.377 e. The van der Waals surface area contributed by atoms with Crippen LogP contribution in [0.2, 0.25) is 0 Å². The molecule has 0 aromatic heterocycles. The first-order chi connectivity index (χ1) is 21.9. The maximum absolute atomic E-state index is 13.9.